The molecule has 2 fully saturated rings. The number of aryl methyl sites for hydroxylation is 2. The van der Waals surface area contributed by atoms with Gasteiger partial charge in [0.2, 0.25) is 0 Å². The smallest absolute Gasteiger partial charge is 0.170 e. The molecule has 0 heterocycles. The molecule has 1 aromatic rings. The van der Waals surface area contributed by atoms with Gasteiger partial charge < -0.3 is 10.6 Å². The lowest BCUT2D eigenvalue weighted by molar-refractivity contribution is 0.279. The zero-order valence-electron chi connectivity index (χ0n) is 13.3. The molecule has 0 aliphatic heterocycles. The van der Waals surface area contributed by atoms with Crippen molar-refractivity contribution in [2.24, 2.45) is 17.8 Å². The van der Waals surface area contributed by atoms with E-state index in [1.807, 2.05) is 0 Å². The Morgan fingerprint density at radius 3 is 2.43 bits per heavy atom. The summed E-state index contributed by atoms with van der Waals surface area (Å²) in [6, 6.07) is 6.94. The van der Waals surface area contributed by atoms with Crippen LogP contribution in [0.15, 0.2) is 18.2 Å². The molecular formula is C18H26N2S. The molecule has 2 saturated carbocycles. The van der Waals surface area contributed by atoms with Crippen LogP contribution in [0, 0.1) is 31.6 Å². The lowest BCUT2D eigenvalue weighted by Crippen LogP contribution is -2.42. The molecule has 3 rings (SSSR count). The number of fused-ring (bicyclic) bond motifs is 2. The molecule has 0 aromatic heterocycles. The SMILES string of the molecule is Cc1cc(C)cc(NC(=S)NC(C)C2CC3CCC2C3)c1. The zero-order valence-corrected chi connectivity index (χ0v) is 14.1. The van der Waals surface area contributed by atoms with Gasteiger partial charge in [0.05, 0.1) is 0 Å². The number of thiocarbonyl (C=S) groups is 1. The Bertz CT molecular complexity index is 520. The molecule has 1 aromatic carbocycles. The predicted molar refractivity (Wildman–Crippen MR) is 93.7 cm³/mol. The van der Waals surface area contributed by atoms with Crippen LogP contribution in [0.3, 0.4) is 0 Å². The maximum absolute atomic E-state index is 5.50. The molecule has 114 valence electrons. The van der Waals surface area contributed by atoms with Crippen molar-refractivity contribution >= 4 is 23.0 Å². The van der Waals surface area contributed by atoms with Gasteiger partial charge in [-0.05, 0) is 93.3 Å². The van der Waals surface area contributed by atoms with E-state index in [2.05, 4.69) is 49.6 Å². The number of hydrogen-bond acceptors (Lipinski definition) is 1. The van der Waals surface area contributed by atoms with E-state index in [-0.39, 0.29) is 0 Å². The molecule has 0 spiro atoms. The van der Waals surface area contributed by atoms with E-state index < -0.39 is 0 Å². The first-order chi connectivity index (χ1) is 10.0. The fraction of sp³-hybridized carbons (Fsp3) is 0.611. The molecule has 2 aliphatic carbocycles. The minimum atomic E-state index is 0.478. The topological polar surface area (TPSA) is 24.1 Å². The highest BCUT2D eigenvalue weighted by molar-refractivity contribution is 7.80. The van der Waals surface area contributed by atoms with E-state index in [1.165, 1.54) is 36.8 Å². The van der Waals surface area contributed by atoms with Crippen molar-refractivity contribution in [2.75, 3.05) is 5.32 Å². The van der Waals surface area contributed by atoms with Crippen LogP contribution < -0.4 is 10.6 Å². The first kappa shape index (κ1) is 14.8. The Morgan fingerprint density at radius 2 is 1.86 bits per heavy atom. The van der Waals surface area contributed by atoms with Gasteiger partial charge in [-0.2, -0.15) is 0 Å². The summed E-state index contributed by atoms with van der Waals surface area (Å²) in [7, 11) is 0. The average molecular weight is 302 g/mol. The third kappa shape index (κ3) is 3.39. The van der Waals surface area contributed by atoms with Crippen molar-refractivity contribution in [1.82, 2.24) is 5.32 Å². The summed E-state index contributed by atoms with van der Waals surface area (Å²) in [5.74, 6) is 2.73. The van der Waals surface area contributed by atoms with Crippen molar-refractivity contribution in [2.45, 2.75) is 52.5 Å². The minimum absolute atomic E-state index is 0.478. The fourth-order valence-corrected chi connectivity index (χ4v) is 4.74. The summed E-state index contributed by atoms with van der Waals surface area (Å²) >= 11 is 5.50. The first-order valence-corrected chi connectivity index (χ1v) is 8.58. The Balaban J connectivity index is 1.56. The molecule has 2 aliphatic rings. The predicted octanol–water partition coefficient (Wildman–Crippen LogP) is 4.41. The van der Waals surface area contributed by atoms with Gasteiger partial charge in [-0.1, -0.05) is 12.5 Å². The van der Waals surface area contributed by atoms with Crippen molar-refractivity contribution in [1.29, 1.82) is 0 Å². The molecular weight excluding hydrogens is 276 g/mol. The summed E-state index contributed by atoms with van der Waals surface area (Å²) in [4.78, 5) is 0. The van der Waals surface area contributed by atoms with E-state index in [4.69, 9.17) is 12.2 Å². The monoisotopic (exact) mass is 302 g/mol. The number of nitrogens with one attached hydrogen (secondary N) is 2. The van der Waals surface area contributed by atoms with Gasteiger partial charge >= 0.3 is 0 Å². The molecule has 21 heavy (non-hydrogen) atoms. The number of hydrogen-bond donors (Lipinski definition) is 2. The first-order valence-electron chi connectivity index (χ1n) is 8.17. The van der Waals surface area contributed by atoms with E-state index in [9.17, 15) is 0 Å². The van der Waals surface area contributed by atoms with Gasteiger partial charge in [-0.15, -0.1) is 0 Å². The standard InChI is InChI=1S/C18H26N2S/c1-11-6-12(2)8-16(7-11)20-18(21)19-13(3)17-10-14-4-5-15(17)9-14/h6-8,13-15,17H,4-5,9-10H2,1-3H3,(H2,19,20,21). The van der Waals surface area contributed by atoms with Crippen LogP contribution >= 0.6 is 12.2 Å². The highest BCUT2D eigenvalue weighted by atomic mass is 32.1. The molecule has 2 bridgehead atoms. The summed E-state index contributed by atoms with van der Waals surface area (Å²) in [6.45, 7) is 6.53. The van der Waals surface area contributed by atoms with Gasteiger partial charge in [0, 0.05) is 11.7 Å². The molecule has 0 saturated heterocycles. The Morgan fingerprint density at radius 1 is 1.14 bits per heavy atom. The second-order valence-corrected chi connectivity index (χ2v) is 7.51. The van der Waals surface area contributed by atoms with Crippen LogP contribution in [0.1, 0.15) is 43.7 Å². The zero-order chi connectivity index (χ0) is 15.0. The van der Waals surface area contributed by atoms with Crippen LogP contribution in [-0.2, 0) is 0 Å². The van der Waals surface area contributed by atoms with Crippen LogP contribution in [0.5, 0.6) is 0 Å². The van der Waals surface area contributed by atoms with E-state index >= 15 is 0 Å². The highest BCUT2D eigenvalue weighted by Crippen LogP contribution is 2.49. The molecule has 2 N–H and O–H groups in total. The summed E-state index contributed by atoms with van der Waals surface area (Å²) < 4.78 is 0. The van der Waals surface area contributed by atoms with Gasteiger partial charge in [0.15, 0.2) is 5.11 Å². The van der Waals surface area contributed by atoms with Gasteiger partial charge in [0.25, 0.3) is 0 Å². The van der Waals surface area contributed by atoms with Crippen molar-refractivity contribution in [3.05, 3.63) is 29.3 Å². The molecule has 0 amide bonds. The number of rotatable bonds is 3. The van der Waals surface area contributed by atoms with Crippen LogP contribution in [0.4, 0.5) is 5.69 Å². The summed E-state index contributed by atoms with van der Waals surface area (Å²) in [5, 5.41) is 7.62. The largest absolute Gasteiger partial charge is 0.360 e. The second-order valence-electron chi connectivity index (χ2n) is 7.10. The molecule has 3 heteroatoms. The maximum atomic E-state index is 5.50. The average Bonchev–Trinajstić information content (AvgIpc) is 2.99. The Kier molecular flexibility index (Phi) is 4.21. The molecule has 4 unspecified atom stereocenters. The summed E-state index contributed by atoms with van der Waals surface area (Å²) in [6.07, 6.45) is 5.73. The van der Waals surface area contributed by atoms with Crippen LogP contribution in [0.25, 0.3) is 0 Å². The van der Waals surface area contributed by atoms with Gasteiger partial charge in [0.1, 0.15) is 0 Å². The summed E-state index contributed by atoms with van der Waals surface area (Å²) in [5.41, 5.74) is 3.62. The molecule has 2 nitrogen and oxygen atoms in total. The van der Waals surface area contributed by atoms with Crippen molar-refractivity contribution < 1.29 is 0 Å². The van der Waals surface area contributed by atoms with Crippen molar-refractivity contribution in [3.63, 3.8) is 0 Å². The Hall–Kier alpha value is -1.09. The highest BCUT2D eigenvalue weighted by Gasteiger charge is 2.41. The van der Waals surface area contributed by atoms with Gasteiger partial charge in [-0.3, -0.25) is 0 Å². The third-order valence-corrected chi connectivity index (χ3v) is 5.49. The number of anilines is 1. The Labute approximate surface area is 133 Å². The van der Waals surface area contributed by atoms with Crippen LogP contribution in [-0.4, -0.2) is 11.2 Å². The lowest BCUT2D eigenvalue weighted by Gasteiger charge is -2.29. The minimum Gasteiger partial charge on any atom is -0.360 e. The fourth-order valence-electron chi connectivity index (χ4n) is 4.43. The number of benzene rings is 1. The molecule has 0 radical (unpaired) electrons. The quantitative estimate of drug-likeness (QED) is 0.809. The normalized spacial score (nSPS) is 28.4. The maximum Gasteiger partial charge on any atom is 0.170 e. The van der Waals surface area contributed by atoms with Crippen molar-refractivity contribution in [3.8, 4) is 0 Å². The van der Waals surface area contributed by atoms with Crippen LogP contribution in [0.2, 0.25) is 0 Å². The van der Waals surface area contributed by atoms with E-state index in [0.717, 1.165) is 28.6 Å². The van der Waals surface area contributed by atoms with E-state index in [0.29, 0.717) is 6.04 Å². The lowest BCUT2D eigenvalue weighted by atomic mass is 9.84. The third-order valence-electron chi connectivity index (χ3n) is 5.27. The molecule has 4 atom stereocenters. The second kappa shape index (κ2) is 5.96. The van der Waals surface area contributed by atoms with E-state index in [1.54, 1.807) is 0 Å². The van der Waals surface area contributed by atoms with Gasteiger partial charge in [-0.25, -0.2) is 0 Å².